The van der Waals surface area contributed by atoms with Crippen molar-refractivity contribution in [1.29, 1.82) is 0 Å². The molecule has 0 amide bonds. The zero-order valence-electron chi connectivity index (χ0n) is 23.7. The average molecular weight is 513 g/mol. The molecule has 0 aromatic heterocycles. The van der Waals surface area contributed by atoms with Crippen molar-refractivity contribution in [1.82, 2.24) is 0 Å². The lowest BCUT2D eigenvalue weighted by Gasteiger charge is -2.21. The van der Waals surface area contributed by atoms with Gasteiger partial charge in [0.05, 0.1) is 5.56 Å². The highest BCUT2D eigenvalue weighted by Crippen LogP contribution is 2.37. The maximum Gasteiger partial charge on any atom is 0.206 e. The van der Waals surface area contributed by atoms with Gasteiger partial charge in [-0.25, -0.2) is 4.99 Å². The van der Waals surface area contributed by atoms with Gasteiger partial charge in [-0.3, -0.25) is 0 Å². The number of aryl methyl sites for hydroxylation is 1. The predicted molar refractivity (Wildman–Crippen MR) is 168 cm³/mol. The lowest BCUT2D eigenvalue weighted by molar-refractivity contribution is -0.473. The Morgan fingerprint density at radius 1 is 0.590 bits per heavy atom. The van der Waals surface area contributed by atoms with Crippen LogP contribution in [0.1, 0.15) is 40.3 Å². The van der Waals surface area contributed by atoms with E-state index in [1.165, 1.54) is 55.9 Å². The van der Waals surface area contributed by atoms with Crippen molar-refractivity contribution in [2.24, 2.45) is 0 Å². The summed E-state index contributed by atoms with van der Waals surface area (Å²) < 4.78 is 0. The molecule has 1 aliphatic rings. The molecule has 4 aromatic carbocycles. The zero-order chi connectivity index (χ0) is 27.4. The zero-order valence-corrected chi connectivity index (χ0v) is 23.7. The van der Waals surface area contributed by atoms with Gasteiger partial charge in [0.2, 0.25) is 5.71 Å². The monoisotopic (exact) mass is 512 g/mol. The van der Waals surface area contributed by atoms with Gasteiger partial charge in [0.1, 0.15) is 0 Å². The highest BCUT2D eigenvalue weighted by atomic mass is 15.1. The number of benzene rings is 4. The third-order valence-electron chi connectivity index (χ3n) is 7.45. The molecule has 0 fully saturated rings. The van der Waals surface area contributed by atoms with Crippen molar-refractivity contribution in [2.45, 2.75) is 19.9 Å². The van der Waals surface area contributed by atoms with E-state index in [-0.39, 0.29) is 0 Å². The quantitative estimate of drug-likeness (QED) is 0.329. The van der Waals surface area contributed by atoms with Gasteiger partial charge in [0.15, 0.2) is 6.54 Å². The van der Waals surface area contributed by atoms with Crippen molar-refractivity contribution >= 4 is 28.2 Å². The second kappa shape index (κ2) is 11.6. The summed E-state index contributed by atoms with van der Waals surface area (Å²) in [4.78, 5) is 7.99. The summed E-state index contributed by atoms with van der Waals surface area (Å²) in [5, 5.41) is 0. The molecule has 196 valence electrons. The fraction of sp³-hybridized carbons (Fsp3) is 0.194. The molecule has 0 atom stereocenters. The number of nitrogens with zero attached hydrogens (tertiary/aromatic N) is 2. The molecule has 0 radical (unpaired) electrons. The number of nitrogens with one attached hydrogen (secondary N) is 1. The van der Waals surface area contributed by atoms with E-state index in [1.807, 2.05) is 0 Å². The largest absolute Gasteiger partial charge is 0.378 e. The number of rotatable bonds is 7. The Morgan fingerprint density at radius 2 is 1.10 bits per heavy atom. The Bertz CT molecular complexity index is 1460. The van der Waals surface area contributed by atoms with Crippen LogP contribution in [0, 0.1) is 0 Å². The van der Waals surface area contributed by atoms with Crippen LogP contribution in [0.5, 0.6) is 0 Å². The van der Waals surface area contributed by atoms with Crippen LogP contribution in [-0.4, -0.2) is 33.9 Å². The minimum atomic E-state index is 0.794. The number of anilines is 2. The minimum Gasteiger partial charge on any atom is -0.378 e. The van der Waals surface area contributed by atoms with Crippen LogP contribution < -0.4 is 14.8 Å². The second-order valence-corrected chi connectivity index (χ2v) is 10.5. The van der Waals surface area contributed by atoms with Crippen molar-refractivity contribution in [3.8, 4) is 0 Å². The normalized spacial score (nSPS) is 13.4. The van der Waals surface area contributed by atoms with E-state index in [2.05, 4.69) is 159 Å². The number of fused-ring (bicyclic) bond motifs is 1. The molecule has 0 unspecified atom stereocenters. The summed E-state index contributed by atoms with van der Waals surface area (Å²) in [5.74, 6) is 0. The Kier molecular flexibility index (Phi) is 7.79. The SMILES string of the molecule is CCc1ccc(C[NH+]=C2C=CC(=C(c3ccc(N(C)C)cc3)c3ccc(N(C)C)cc3)c3ccccc32)cc1. The third-order valence-corrected chi connectivity index (χ3v) is 7.45. The van der Waals surface area contributed by atoms with Crippen LogP contribution >= 0.6 is 0 Å². The molecular formula is C36H38N3+. The lowest BCUT2D eigenvalue weighted by atomic mass is 9.83. The van der Waals surface area contributed by atoms with E-state index in [0.29, 0.717) is 0 Å². The molecule has 0 bridgehead atoms. The fourth-order valence-corrected chi connectivity index (χ4v) is 5.09. The fourth-order valence-electron chi connectivity index (χ4n) is 5.09. The smallest absolute Gasteiger partial charge is 0.206 e. The van der Waals surface area contributed by atoms with Gasteiger partial charge in [-0.05, 0) is 76.2 Å². The van der Waals surface area contributed by atoms with Gasteiger partial charge in [0.25, 0.3) is 0 Å². The summed E-state index contributed by atoms with van der Waals surface area (Å²) in [6, 6.07) is 35.4. The first kappa shape index (κ1) is 26.2. The molecule has 0 saturated heterocycles. The molecule has 1 N–H and O–H groups in total. The van der Waals surface area contributed by atoms with Gasteiger partial charge < -0.3 is 9.80 Å². The molecule has 0 spiro atoms. The highest BCUT2D eigenvalue weighted by molar-refractivity contribution is 6.17. The summed E-state index contributed by atoms with van der Waals surface area (Å²) in [7, 11) is 8.32. The van der Waals surface area contributed by atoms with E-state index in [1.54, 1.807) is 0 Å². The van der Waals surface area contributed by atoms with Crippen LogP contribution in [0.3, 0.4) is 0 Å². The van der Waals surface area contributed by atoms with Crippen molar-refractivity contribution < 1.29 is 4.99 Å². The molecule has 39 heavy (non-hydrogen) atoms. The number of allylic oxidation sites excluding steroid dienone is 3. The molecule has 0 heterocycles. The molecule has 5 rings (SSSR count). The number of hydrogen-bond acceptors (Lipinski definition) is 2. The Balaban J connectivity index is 1.62. The van der Waals surface area contributed by atoms with Crippen LogP contribution in [0.2, 0.25) is 0 Å². The summed E-state index contributed by atoms with van der Waals surface area (Å²) in [6.45, 7) is 2.99. The molecular weight excluding hydrogens is 474 g/mol. The molecule has 4 aromatic rings. The maximum atomic E-state index is 3.71. The first-order chi connectivity index (χ1) is 18.9. The first-order valence-corrected chi connectivity index (χ1v) is 13.7. The molecule has 1 aliphatic carbocycles. The van der Waals surface area contributed by atoms with E-state index in [0.717, 1.165) is 18.7 Å². The molecule has 0 saturated carbocycles. The van der Waals surface area contributed by atoms with Gasteiger partial charge in [-0.15, -0.1) is 0 Å². The van der Waals surface area contributed by atoms with Crippen LogP contribution in [0.15, 0.2) is 109 Å². The van der Waals surface area contributed by atoms with E-state index in [9.17, 15) is 0 Å². The Labute approximate surface area is 233 Å². The molecule has 3 nitrogen and oxygen atoms in total. The van der Waals surface area contributed by atoms with Crippen molar-refractivity contribution in [3.63, 3.8) is 0 Å². The lowest BCUT2D eigenvalue weighted by Crippen LogP contribution is -2.71. The third kappa shape index (κ3) is 5.73. The van der Waals surface area contributed by atoms with Crippen molar-refractivity contribution in [3.05, 3.63) is 143 Å². The summed E-state index contributed by atoms with van der Waals surface area (Å²) in [6.07, 6.45) is 5.58. The van der Waals surface area contributed by atoms with Crippen LogP contribution in [-0.2, 0) is 13.0 Å². The van der Waals surface area contributed by atoms with Gasteiger partial charge in [-0.2, -0.15) is 0 Å². The first-order valence-electron chi connectivity index (χ1n) is 13.7. The second-order valence-electron chi connectivity index (χ2n) is 10.5. The van der Waals surface area contributed by atoms with Gasteiger partial charge in [0, 0.05) is 51.2 Å². The predicted octanol–water partition coefficient (Wildman–Crippen LogP) is 5.98. The maximum absolute atomic E-state index is 3.71. The molecule has 3 heteroatoms. The topological polar surface area (TPSA) is 20.5 Å². The summed E-state index contributed by atoms with van der Waals surface area (Å²) in [5.41, 5.74) is 13.6. The van der Waals surface area contributed by atoms with Gasteiger partial charge >= 0.3 is 0 Å². The van der Waals surface area contributed by atoms with Crippen molar-refractivity contribution in [2.75, 3.05) is 38.0 Å². The van der Waals surface area contributed by atoms with Crippen LogP contribution in [0.25, 0.3) is 11.1 Å². The van der Waals surface area contributed by atoms with E-state index < -0.39 is 0 Å². The van der Waals surface area contributed by atoms with E-state index >= 15 is 0 Å². The Hall–Kier alpha value is -4.37. The average Bonchev–Trinajstić information content (AvgIpc) is 2.97. The van der Waals surface area contributed by atoms with Crippen LogP contribution in [0.4, 0.5) is 11.4 Å². The minimum absolute atomic E-state index is 0.794. The Morgan fingerprint density at radius 3 is 1.62 bits per heavy atom. The number of hydrogen-bond donors (Lipinski definition) is 1. The standard InChI is InChI=1S/C36H37N3/c1-6-26-11-13-27(14-12-26)25-37-35-24-23-34(32-9-7-8-10-33(32)35)36(28-15-19-30(20-16-28)38(2)3)29-17-21-31(22-18-29)39(4)5/h7-24H,6,25H2,1-5H3/p+1. The van der Waals surface area contributed by atoms with Gasteiger partial charge in [-0.1, -0.05) is 73.7 Å². The molecule has 0 aliphatic heterocycles. The highest BCUT2D eigenvalue weighted by Gasteiger charge is 2.22. The summed E-state index contributed by atoms with van der Waals surface area (Å²) >= 11 is 0. The van der Waals surface area contributed by atoms with E-state index in [4.69, 9.17) is 0 Å².